The summed E-state index contributed by atoms with van der Waals surface area (Å²) < 4.78 is 10.8. The molecular formula is C19H24N2O3. The Morgan fingerprint density at radius 3 is 2.58 bits per heavy atom. The number of carbonyl (C=O) groups excluding carboxylic acids is 1. The van der Waals surface area contributed by atoms with Gasteiger partial charge in [0.05, 0.1) is 13.7 Å². The Bertz CT molecular complexity index is 641. The number of rotatable bonds is 8. The predicted molar refractivity (Wildman–Crippen MR) is 94.5 cm³/mol. The number of amides is 2. The molecule has 0 aliphatic carbocycles. The number of ether oxygens (including phenoxy) is 2. The lowest BCUT2D eigenvalue weighted by molar-refractivity contribution is 0.238. The van der Waals surface area contributed by atoms with Crippen LogP contribution in [0.1, 0.15) is 17.5 Å². The second-order valence-electron chi connectivity index (χ2n) is 5.48. The zero-order valence-corrected chi connectivity index (χ0v) is 14.2. The highest BCUT2D eigenvalue weighted by Gasteiger charge is 2.01. The van der Waals surface area contributed by atoms with Crippen LogP contribution in [0, 0.1) is 6.92 Å². The molecule has 0 heterocycles. The van der Waals surface area contributed by atoms with Crippen LogP contribution in [0.2, 0.25) is 0 Å². The molecule has 5 heteroatoms. The Hall–Kier alpha value is -2.69. The Labute approximate surface area is 143 Å². The number of carbonyl (C=O) groups is 1. The van der Waals surface area contributed by atoms with Crippen molar-refractivity contribution in [3.05, 3.63) is 59.7 Å². The molecule has 2 amide bonds. The summed E-state index contributed by atoms with van der Waals surface area (Å²) >= 11 is 0. The van der Waals surface area contributed by atoms with E-state index in [1.165, 1.54) is 5.56 Å². The molecule has 128 valence electrons. The van der Waals surface area contributed by atoms with Crippen molar-refractivity contribution < 1.29 is 14.3 Å². The number of hydrogen-bond acceptors (Lipinski definition) is 3. The zero-order chi connectivity index (χ0) is 17.2. The van der Waals surface area contributed by atoms with E-state index in [-0.39, 0.29) is 6.03 Å². The Balaban J connectivity index is 1.58. The van der Waals surface area contributed by atoms with Crippen LogP contribution in [-0.4, -0.2) is 26.3 Å². The smallest absolute Gasteiger partial charge is 0.315 e. The van der Waals surface area contributed by atoms with Crippen molar-refractivity contribution in [2.75, 3.05) is 20.3 Å². The molecule has 2 aromatic rings. The highest BCUT2D eigenvalue weighted by atomic mass is 16.5. The molecule has 0 radical (unpaired) electrons. The highest BCUT2D eigenvalue weighted by molar-refractivity contribution is 5.73. The average molecular weight is 328 g/mol. The van der Waals surface area contributed by atoms with E-state index in [1.807, 2.05) is 55.5 Å². The van der Waals surface area contributed by atoms with Crippen molar-refractivity contribution in [3.8, 4) is 11.5 Å². The summed E-state index contributed by atoms with van der Waals surface area (Å²) in [6, 6.07) is 15.3. The number of urea groups is 1. The zero-order valence-electron chi connectivity index (χ0n) is 14.2. The minimum absolute atomic E-state index is 0.187. The largest absolute Gasteiger partial charge is 0.497 e. The first kappa shape index (κ1) is 17.7. The van der Waals surface area contributed by atoms with E-state index in [0.717, 1.165) is 23.5 Å². The van der Waals surface area contributed by atoms with Crippen LogP contribution >= 0.6 is 0 Å². The van der Waals surface area contributed by atoms with Gasteiger partial charge < -0.3 is 20.1 Å². The second kappa shape index (κ2) is 9.45. The molecule has 2 rings (SSSR count). The van der Waals surface area contributed by atoms with Crippen LogP contribution in [0.25, 0.3) is 0 Å². The second-order valence-corrected chi connectivity index (χ2v) is 5.48. The molecule has 2 aromatic carbocycles. The lowest BCUT2D eigenvalue weighted by Gasteiger charge is -2.09. The molecule has 2 N–H and O–H groups in total. The standard InChI is InChI=1S/C19H24N2O3/c1-15-7-9-17(10-8-15)24-12-4-11-20-19(22)21-14-16-5-3-6-18(13-16)23-2/h3,5-10,13H,4,11-12,14H2,1-2H3,(H2,20,21,22). The van der Waals surface area contributed by atoms with Crippen LogP contribution in [0.5, 0.6) is 11.5 Å². The molecule has 0 fully saturated rings. The average Bonchev–Trinajstić information content (AvgIpc) is 2.61. The maximum Gasteiger partial charge on any atom is 0.315 e. The van der Waals surface area contributed by atoms with Crippen molar-refractivity contribution in [1.29, 1.82) is 0 Å². The third-order valence-electron chi connectivity index (χ3n) is 3.48. The van der Waals surface area contributed by atoms with Crippen molar-refractivity contribution in [2.24, 2.45) is 0 Å². The van der Waals surface area contributed by atoms with Gasteiger partial charge in [0.2, 0.25) is 0 Å². The van der Waals surface area contributed by atoms with E-state index in [2.05, 4.69) is 10.6 Å². The van der Waals surface area contributed by atoms with Gasteiger partial charge in [-0.25, -0.2) is 4.79 Å². The third-order valence-corrected chi connectivity index (χ3v) is 3.48. The van der Waals surface area contributed by atoms with Gasteiger partial charge in [0, 0.05) is 13.1 Å². The van der Waals surface area contributed by atoms with Crippen LogP contribution in [0.4, 0.5) is 4.79 Å². The summed E-state index contributed by atoms with van der Waals surface area (Å²) in [7, 11) is 1.62. The number of hydrogen-bond donors (Lipinski definition) is 2. The van der Waals surface area contributed by atoms with Crippen molar-refractivity contribution in [2.45, 2.75) is 19.9 Å². The maximum atomic E-state index is 11.7. The molecule has 0 saturated carbocycles. The number of nitrogens with one attached hydrogen (secondary N) is 2. The maximum absolute atomic E-state index is 11.7. The van der Waals surface area contributed by atoms with Crippen LogP contribution in [0.3, 0.4) is 0 Å². The van der Waals surface area contributed by atoms with Gasteiger partial charge in [-0.3, -0.25) is 0 Å². The molecule has 0 atom stereocenters. The predicted octanol–water partition coefficient (Wildman–Crippen LogP) is 3.27. The minimum atomic E-state index is -0.187. The number of methoxy groups -OCH3 is 1. The van der Waals surface area contributed by atoms with E-state index in [0.29, 0.717) is 19.7 Å². The summed E-state index contributed by atoms with van der Waals surface area (Å²) in [6.45, 7) is 3.63. The normalized spacial score (nSPS) is 10.1. The van der Waals surface area contributed by atoms with E-state index < -0.39 is 0 Å². The van der Waals surface area contributed by atoms with Gasteiger partial charge in [-0.1, -0.05) is 29.8 Å². The summed E-state index contributed by atoms with van der Waals surface area (Å²) in [6.07, 6.45) is 0.750. The van der Waals surface area contributed by atoms with Gasteiger partial charge >= 0.3 is 6.03 Å². The lowest BCUT2D eigenvalue weighted by Crippen LogP contribution is -2.36. The van der Waals surface area contributed by atoms with Gasteiger partial charge in [0.25, 0.3) is 0 Å². The molecule has 0 bridgehead atoms. The summed E-state index contributed by atoms with van der Waals surface area (Å²) in [4.78, 5) is 11.7. The number of benzene rings is 2. The molecule has 0 aliphatic rings. The number of aryl methyl sites for hydroxylation is 1. The summed E-state index contributed by atoms with van der Waals surface area (Å²) in [5.74, 6) is 1.63. The molecule has 0 saturated heterocycles. The molecule has 0 aliphatic heterocycles. The first-order valence-electron chi connectivity index (χ1n) is 8.01. The molecular weight excluding hydrogens is 304 g/mol. The van der Waals surface area contributed by atoms with Crippen molar-refractivity contribution >= 4 is 6.03 Å². The molecule has 0 unspecified atom stereocenters. The Kier molecular flexibility index (Phi) is 6.95. The van der Waals surface area contributed by atoms with Crippen LogP contribution in [0.15, 0.2) is 48.5 Å². The Morgan fingerprint density at radius 2 is 1.83 bits per heavy atom. The van der Waals surface area contributed by atoms with Gasteiger partial charge in [-0.05, 0) is 43.2 Å². The first-order chi connectivity index (χ1) is 11.7. The van der Waals surface area contributed by atoms with Gasteiger partial charge in [0.15, 0.2) is 0 Å². The molecule has 0 spiro atoms. The fourth-order valence-electron chi connectivity index (χ4n) is 2.13. The first-order valence-corrected chi connectivity index (χ1v) is 8.01. The third kappa shape index (κ3) is 6.20. The van der Waals surface area contributed by atoms with E-state index >= 15 is 0 Å². The molecule has 24 heavy (non-hydrogen) atoms. The molecule has 0 aromatic heterocycles. The minimum Gasteiger partial charge on any atom is -0.497 e. The lowest BCUT2D eigenvalue weighted by atomic mass is 10.2. The van der Waals surface area contributed by atoms with E-state index in [9.17, 15) is 4.79 Å². The fraction of sp³-hybridized carbons (Fsp3) is 0.316. The monoisotopic (exact) mass is 328 g/mol. The van der Waals surface area contributed by atoms with E-state index in [1.54, 1.807) is 7.11 Å². The van der Waals surface area contributed by atoms with E-state index in [4.69, 9.17) is 9.47 Å². The van der Waals surface area contributed by atoms with Gasteiger partial charge in [-0.2, -0.15) is 0 Å². The Morgan fingerprint density at radius 1 is 1.04 bits per heavy atom. The topological polar surface area (TPSA) is 59.6 Å². The SMILES string of the molecule is COc1cccc(CNC(=O)NCCCOc2ccc(C)cc2)c1. The summed E-state index contributed by atoms with van der Waals surface area (Å²) in [5, 5.41) is 5.63. The fourth-order valence-corrected chi connectivity index (χ4v) is 2.13. The quantitative estimate of drug-likeness (QED) is 0.731. The molecule has 5 nitrogen and oxygen atoms in total. The van der Waals surface area contributed by atoms with Crippen molar-refractivity contribution in [3.63, 3.8) is 0 Å². The van der Waals surface area contributed by atoms with Crippen LogP contribution in [-0.2, 0) is 6.54 Å². The van der Waals surface area contributed by atoms with Gasteiger partial charge in [-0.15, -0.1) is 0 Å². The van der Waals surface area contributed by atoms with Crippen molar-refractivity contribution in [1.82, 2.24) is 10.6 Å². The van der Waals surface area contributed by atoms with Gasteiger partial charge in [0.1, 0.15) is 11.5 Å². The highest BCUT2D eigenvalue weighted by Crippen LogP contribution is 2.12. The summed E-state index contributed by atoms with van der Waals surface area (Å²) in [5.41, 5.74) is 2.20. The van der Waals surface area contributed by atoms with Crippen LogP contribution < -0.4 is 20.1 Å².